The summed E-state index contributed by atoms with van der Waals surface area (Å²) >= 11 is 0. The average Bonchev–Trinajstić information content (AvgIpc) is 3.26. The van der Waals surface area contributed by atoms with Crippen LogP contribution in [0.4, 0.5) is 0 Å². The van der Waals surface area contributed by atoms with E-state index in [1.807, 2.05) is 35.2 Å². The zero-order valence-corrected chi connectivity index (χ0v) is 11.0. The lowest BCUT2D eigenvalue weighted by molar-refractivity contribution is -0.147. The van der Waals surface area contributed by atoms with Crippen molar-refractivity contribution in [2.24, 2.45) is 5.92 Å². The zero-order chi connectivity index (χ0) is 13.2. The Hall–Kier alpha value is -1.61. The van der Waals surface area contributed by atoms with E-state index in [2.05, 4.69) is 6.58 Å². The summed E-state index contributed by atoms with van der Waals surface area (Å²) in [5, 5.41) is 0. The van der Waals surface area contributed by atoms with Gasteiger partial charge in [0.05, 0.1) is 12.6 Å². The van der Waals surface area contributed by atoms with Crippen LogP contribution in [0, 0.1) is 5.92 Å². The highest BCUT2D eigenvalue weighted by Crippen LogP contribution is 2.38. The van der Waals surface area contributed by atoms with Crippen molar-refractivity contribution in [1.82, 2.24) is 4.90 Å². The largest absolute Gasteiger partial charge is 0.362 e. The van der Waals surface area contributed by atoms with Gasteiger partial charge in [0.1, 0.15) is 6.61 Å². The number of ether oxygens (including phenoxy) is 1. The summed E-state index contributed by atoms with van der Waals surface area (Å²) in [6, 6.07) is 10.1. The molecule has 3 heteroatoms. The maximum Gasteiger partial charge on any atom is 0.249 e. The van der Waals surface area contributed by atoms with Crippen molar-refractivity contribution < 1.29 is 9.53 Å². The molecule has 1 amide bonds. The van der Waals surface area contributed by atoms with Gasteiger partial charge >= 0.3 is 0 Å². The fourth-order valence-corrected chi connectivity index (χ4v) is 2.52. The molecule has 1 aromatic carbocycles. The van der Waals surface area contributed by atoms with Crippen molar-refractivity contribution in [2.45, 2.75) is 25.5 Å². The molecule has 1 saturated heterocycles. The van der Waals surface area contributed by atoms with Gasteiger partial charge in [0.2, 0.25) is 5.91 Å². The first-order chi connectivity index (χ1) is 9.24. The molecule has 1 heterocycles. The average molecular weight is 257 g/mol. The van der Waals surface area contributed by atoms with Gasteiger partial charge in [0.25, 0.3) is 0 Å². The molecule has 0 N–H and O–H groups in total. The first-order valence-electron chi connectivity index (χ1n) is 6.86. The van der Waals surface area contributed by atoms with Crippen LogP contribution in [-0.2, 0) is 16.1 Å². The molecular formula is C16H19NO2. The van der Waals surface area contributed by atoms with E-state index in [0.29, 0.717) is 19.0 Å². The minimum atomic E-state index is 0.0221. The van der Waals surface area contributed by atoms with Crippen LogP contribution in [-0.4, -0.2) is 30.1 Å². The molecule has 100 valence electrons. The molecule has 0 radical (unpaired) electrons. The number of carbonyl (C=O) groups excluding carboxylic acids is 1. The van der Waals surface area contributed by atoms with Gasteiger partial charge in [-0.25, -0.2) is 0 Å². The molecule has 1 aliphatic carbocycles. The number of amides is 1. The van der Waals surface area contributed by atoms with Crippen LogP contribution >= 0.6 is 0 Å². The lowest BCUT2D eigenvalue weighted by atomic mass is 10.0. The number of hydrogen-bond donors (Lipinski definition) is 0. The highest BCUT2D eigenvalue weighted by atomic mass is 16.5. The third kappa shape index (κ3) is 2.87. The molecule has 1 atom stereocenters. The molecule has 1 aliphatic heterocycles. The second kappa shape index (κ2) is 5.17. The normalized spacial score (nSPS) is 23.5. The van der Waals surface area contributed by atoms with E-state index in [0.717, 1.165) is 5.56 Å². The molecule has 0 spiro atoms. The third-order valence-corrected chi connectivity index (χ3v) is 3.88. The predicted molar refractivity (Wildman–Crippen MR) is 73.5 cm³/mol. The minimum Gasteiger partial charge on any atom is -0.362 e. The summed E-state index contributed by atoms with van der Waals surface area (Å²) in [6.07, 6.45) is 2.48. The van der Waals surface area contributed by atoms with E-state index in [1.165, 1.54) is 18.4 Å². The van der Waals surface area contributed by atoms with Gasteiger partial charge in [-0.05, 0) is 29.9 Å². The van der Waals surface area contributed by atoms with Crippen LogP contribution in [0.25, 0.3) is 0 Å². The highest BCUT2D eigenvalue weighted by molar-refractivity contribution is 5.78. The van der Waals surface area contributed by atoms with Gasteiger partial charge in [0, 0.05) is 6.54 Å². The Kier molecular flexibility index (Phi) is 3.38. The van der Waals surface area contributed by atoms with E-state index in [1.54, 1.807) is 0 Å². The summed E-state index contributed by atoms with van der Waals surface area (Å²) in [4.78, 5) is 13.8. The van der Waals surface area contributed by atoms with E-state index in [9.17, 15) is 4.79 Å². The van der Waals surface area contributed by atoms with E-state index < -0.39 is 0 Å². The number of benzene rings is 1. The summed E-state index contributed by atoms with van der Waals surface area (Å²) in [6.45, 7) is 5.63. The maximum atomic E-state index is 11.9. The maximum absolute atomic E-state index is 11.9. The van der Waals surface area contributed by atoms with Gasteiger partial charge in [-0.2, -0.15) is 0 Å². The standard InChI is InChI=1S/C16H19NO2/c1-12(14-7-8-14)15-10-17(16(18)11-19-15)9-13-5-3-2-4-6-13/h2-6,14-15H,1,7-11H2/t15-/m1/s1. The van der Waals surface area contributed by atoms with Crippen LogP contribution in [0.2, 0.25) is 0 Å². The van der Waals surface area contributed by atoms with Crippen molar-refractivity contribution in [1.29, 1.82) is 0 Å². The summed E-state index contributed by atoms with van der Waals surface area (Å²) in [5.74, 6) is 0.695. The number of hydrogen-bond acceptors (Lipinski definition) is 2. The van der Waals surface area contributed by atoms with Gasteiger partial charge < -0.3 is 9.64 Å². The Bertz CT molecular complexity index is 479. The van der Waals surface area contributed by atoms with Gasteiger partial charge in [-0.15, -0.1) is 0 Å². The first-order valence-corrected chi connectivity index (χ1v) is 6.86. The van der Waals surface area contributed by atoms with Crippen molar-refractivity contribution >= 4 is 5.91 Å². The van der Waals surface area contributed by atoms with Crippen LogP contribution in [0.3, 0.4) is 0 Å². The predicted octanol–water partition coefficient (Wildman–Crippen LogP) is 2.38. The summed E-state index contributed by atoms with van der Waals surface area (Å²) in [7, 11) is 0. The van der Waals surface area contributed by atoms with Crippen LogP contribution in [0.5, 0.6) is 0 Å². The van der Waals surface area contributed by atoms with Crippen LogP contribution in [0.15, 0.2) is 42.5 Å². The number of rotatable bonds is 4. The molecule has 2 aliphatic rings. The Morgan fingerprint density at radius 1 is 1.32 bits per heavy atom. The highest BCUT2D eigenvalue weighted by Gasteiger charge is 2.34. The van der Waals surface area contributed by atoms with Crippen LogP contribution < -0.4 is 0 Å². The molecule has 1 saturated carbocycles. The molecular weight excluding hydrogens is 238 g/mol. The molecule has 3 nitrogen and oxygen atoms in total. The molecule has 3 rings (SSSR count). The van der Waals surface area contributed by atoms with Gasteiger partial charge in [-0.1, -0.05) is 36.9 Å². The lowest BCUT2D eigenvalue weighted by Gasteiger charge is -2.34. The van der Waals surface area contributed by atoms with Gasteiger partial charge in [-0.3, -0.25) is 4.79 Å². The molecule has 0 bridgehead atoms. The number of nitrogens with zero attached hydrogens (tertiary/aromatic N) is 1. The molecule has 1 aromatic rings. The second-order valence-electron chi connectivity index (χ2n) is 5.41. The van der Waals surface area contributed by atoms with Crippen molar-refractivity contribution in [2.75, 3.05) is 13.2 Å². The Labute approximate surface area is 113 Å². The molecule has 2 fully saturated rings. The molecule has 19 heavy (non-hydrogen) atoms. The first kappa shape index (κ1) is 12.4. The Morgan fingerprint density at radius 3 is 2.74 bits per heavy atom. The van der Waals surface area contributed by atoms with Crippen molar-refractivity contribution in [3.8, 4) is 0 Å². The van der Waals surface area contributed by atoms with Crippen molar-refractivity contribution in [3.05, 3.63) is 48.0 Å². The van der Waals surface area contributed by atoms with E-state index in [-0.39, 0.29) is 18.6 Å². The Balaban J connectivity index is 1.65. The van der Waals surface area contributed by atoms with Gasteiger partial charge in [0.15, 0.2) is 0 Å². The fraction of sp³-hybridized carbons (Fsp3) is 0.438. The second-order valence-corrected chi connectivity index (χ2v) is 5.41. The number of morpholine rings is 1. The smallest absolute Gasteiger partial charge is 0.249 e. The van der Waals surface area contributed by atoms with Crippen molar-refractivity contribution in [3.63, 3.8) is 0 Å². The SMILES string of the molecule is C=C(C1CC1)[C@H]1CN(Cc2ccccc2)C(=O)CO1. The van der Waals surface area contributed by atoms with E-state index >= 15 is 0 Å². The summed E-state index contributed by atoms with van der Waals surface area (Å²) in [5.41, 5.74) is 2.33. The molecule has 0 unspecified atom stereocenters. The zero-order valence-electron chi connectivity index (χ0n) is 11.0. The third-order valence-electron chi connectivity index (χ3n) is 3.88. The van der Waals surface area contributed by atoms with Crippen LogP contribution in [0.1, 0.15) is 18.4 Å². The fourth-order valence-electron chi connectivity index (χ4n) is 2.52. The summed E-state index contributed by atoms with van der Waals surface area (Å²) < 4.78 is 5.63. The topological polar surface area (TPSA) is 29.5 Å². The quantitative estimate of drug-likeness (QED) is 0.775. The monoisotopic (exact) mass is 257 g/mol. The lowest BCUT2D eigenvalue weighted by Crippen LogP contribution is -2.46. The Morgan fingerprint density at radius 2 is 2.05 bits per heavy atom. The number of carbonyl (C=O) groups is 1. The minimum absolute atomic E-state index is 0.0221. The van der Waals surface area contributed by atoms with E-state index in [4.69, 9.17) is 4.74 Å². The molecule has 0 aromatic heterocycles.